The van der Waals surface area contributed by atoms with Crippen molar-refractivity contribution in [1.29, 1.82) is 0 Å². The predicted octanol–water partition coefficient (Wildman–Crippen LogP) is 0.280. The van der Waals surface area contributed by atoms with Crippen LogP contribution in [0.4, 0.5) is 0 Å². The van der Waals surface area contributed by atoms with E-state index in [2.05, 4.69) is 12.1 Å². The lowest BCUT2D eigenvalue weighted by Crippen LogP contribution is -1.50. The molecule has 4 heavy (non-hydrogen) atoms. The van der Waals surface area contributed by atoms with Gasteiger partial charge in [0.25, 0.3) is 0 Å². The summed E-state index contributed by atoms with van der Waals surface area (Å²) in [6, 6.07) is 0. The van der Waals surface area contributed by atoms with Crippen LogP contribution in [-0.4, -0.2) is 11.4 Å². The van der Waals surface area contributed by atoms with Crippen molar-refractivity contribution >= 4 is 6.21 Å². The maximum atomic E-state index is 7.38. The van der Waals surface area contributed by atoms with Crippen molar-refractivity contribution in [2.24, 2.45) is 5.16 Å². The third-order valence-corrected chi connectivity index (χ3v) is 0.0816. The fourth-order valence-electron chi connectivity index (χ4n) is 0. The Morgan fingerprint density at radius 1 is 2.00 bits per heavy atom. The van der Waals surface area contributed by atoms with Crippen molar-refractivity contribution in [2.45, 2.75) is 0 Å². The quantitative estimate of drug-likeness (QED) is 0.242. The van der Waals surface area contributed by atoms with Gasteiger partial charge in [-0.2, -0.15) is 0 Å². The molecule has 0 atom stereocenters. The van der Waals surface area contributed by atoms with E-state index in [1.165, 1.54) is 0 Å². The van der Waals surface area contributed by atoms with Crippen LogP contribution in [0.3, 0.4) is 0 Å². The second-order valence-electron chi connectivity index (χ2n) is 0.298. The summed E-state index contributed by atoms with van der Waals surface area (Å²) in [6.07, 6.45) is 1.06. The van der Waals surface area contributed by atoms with E-state index in [0.29, 0.717) is 0 Å². The summed E-state index contributed by atoms with van der Waals surface area (Å²) in [4.78, 5) is 0. The van der Waals surface area contributed by atoms with E-state index >= 15 is 0 Å². The van der Waals surface area contributed by atoms with Crippen LogP contribution in [0.25, 0.3) is 0 Å². The molecule has 0 heterocycles. The van der Waals surface area contributed by atoms with Gasteiger partial charge >= 0.3 is 0 Å². The topological polar surface area (TPSA) is 32.6 Å². The Bertz CT molecular complexity index is 21.2. The van der Waals surface area contributed by atoms with Gasteiger partial charge in [-0.25, -0.2) is 0 Å². The summed E-state index contributed by atoms with van der Waals surface area (Å²) in [7, 11) is 0. The first-order valence-electron chi connectivity index (χ1n) is 0.866. The smallest absolute Gasteiger partial charge is 0.0439 e. The summed E-state index contributed by atoms with van der Waals surface area (Å²) < 4.78 is 0. The van der Waals surface area contributed by atoms with Crippen LogP contribution >= 0.6 is 0 Å². The van der Waals surface area contributed by atoms with E-state index in [-0.39, 0.29) is 0 Å². The molecule has 0 saturated carbocycles. The molecule has 23 valence electrons. The van der Waals surface area contributed by atoms with E-state index in [4.69, 9.17) is 5.21 Å². The van der Waals surface area contributed by atoms with Gasteiger partial charge in [-0.3, -0.25) is 0 Å². The Hall–Kier alpha value is -0.530. The van der Waals surface area contributed by atoms with Gasteiger partial charge in [-0.1, -0.05) is 0 Å². The molecule has 0 unspecified atom stereocenters. The molecular formula is C2H4NO. The molecule has 0 aliphatic rings. The van der Waals surface area contributed by atoms with E-state index in [0.717, 1.165) is 6.21 Å². The zero-order valence-electron chi connectivity index (χ0n) is 2.18. The predicted molar refractivity (Wildman–Crippen MR) is 15.6 cm³/mol. The molecule has 0 aliphatic heterocycles. The Morgan fingerprint density at radius 3 is 2.25 bits per heavy atom. The minimum atomic E-state index is 1.06. The SMILES string of the molecule is [CH2]/C=N/O. The monoisotopic (exact) mass is 58.0 g/mol. The van der Waals surface area contributed by atoms with Gasteiger partial charge in [0.1, 0.15) is 0 Å². The van der Waals surface area contributed by atoms with E-state index < -0.39 is 0 Å². The molecule has 0 rings (SSSR count). The number of nitrogens with zero attached hydrogens (tertiary/aromatic N) is 1. The lowest BCUT2D eigenvalue weighted by Gasteiger charge is -1.53. The van der Waals surface area contributed by atoms with Gasteiger partial charge in [-0.15, -0.1) is 5.16 Å². The Kier molecular flexibility index (Phi) is 2.14. The molecular weight excluding hydrogens is 54.0 g/mol. The van der Waals surface area contributed by atoms with Crippen LogP contribution in [0.2, 0.25) is 0 Å². The van der Waals surface area contributed by atoms with Gasteiger partial charge in [0, 0.05) is 6.21 Å². The second-order valence-corrected chi connectivity index (χ2v) is 0.298. The van der Waals surface area contributed by atoms with Gasteiger partial charge in [-0.05, 0) is 6.92 Å². The first-order valence-corrected chi connectivity index (χ1v) is 0.866. The Balaban J connectivity index is 2.55. The van der Waals surface area contributed by atoms with Gasteiger partial charge in [0.15, 0.2) is 0 Å². The van der Waals surface area contributed by atoms with Crippen molar-refractivity contribution in [1.82, 2.24) is 0 Å². The van der Waals surface area contributed by atoms with Crippen molar-refractivity contribution in [3.05, 3.63) is 6.92 Å². The Morgan fingerprint density at radius 2 is 2.25 bits per heavy atom. The van der Waals surface area contributed by atoms with Crippen molar-refractivity contribution in [3.8, 4) is 0 Å². The van der Waals surface area contributed by atoms with Crippen LogP contribution in [0, 0.1) is 6.92 Å². The van der Waals surface area contributed by atoms with E-state index in [1.54, 1.807) is 0 Å². The third-order valence-electron chi connectivity index (χ3n) is 0.0816. The molecule has 0 bridgehead atoms. The molecule has 1 N–H and O–H groups in total. The van der Waals surface area contributed by atoms with Crippen molar-refractivity contribution in [2.75, 3.05) is 0 Å². The summed E-state index contributed by atoms with van der Waals surface area (Å²) in [5, 5.41) is 9.88. The molecule has 2 heteroatoms. The molecule has 0 saturated heterocycles. The van der Waals surface area contributed by atoms with Gasteiger partial charge in [0.2, 0.25) is 0 Å². The lowest BCUT2D eigenvalue weighted by atomic mass is 10.9. The lowest BCUT2D eigenvalue weighted by molar-refractivity contribution is 0.322. The molecule has 0 aliphatic carbocycles. The average Bonchev–Trinajstić information content (AvgIpc) is 1.37. The second kappa shape index (κ2) is 2.47. The average molecular weight is 58.1 g/mol. The summed E-state index contributed by atoms with van der Waals surface area (Å²) in [6.45, 7) is 3.06. The molecule has 0 aromatic carbocycles. The molecule has 0 spiro atoms. The summed E-state index contributed by atoms with van der Waals surface area (Å²) >= 11 is 0. The normalized spacial score (nSPS) is 9.25. The third kappa shape index (κ3) is 1.47. The fraction of sp³-hybridized carbons (Fsp3) is 0. The van der Waals surface area contributed by atoms with Crippen molar-refractivity contribution in [3.63, 3.8) is 0 Å². The summed E-state index contributed by atoms with van der Waals surface area (Å²) in [5.74, 6) is 0. The standard InChI is InChI=1S/C2H4NO/c1-2-3-4/h2,4H,1H2/b3-2+. The number of rotatable bonds is 0. The highest BCUT2D eigenvalue weighted by molar-refractivity contribution is 5.60. The fourth-order valence-corrected chi connectivity index (χ4v) is 0. The minimum absolute atomic E-state index is 1.06. The highest BCUT2D eigenvalue weighted by Crippen LogP contribution is 1.37. The largest absolute Gasteiger partial charge is 0.411 e. The molecule has 2 nitrogen and oxygen atoms in total. The molecule has 1 radical (unpaired) electrons. The summed E-state index contributed by atoms with van der Waals surface area (Å²) in [5.41, 5.74) is 0. The number of hydrogen-bond acceptors (Lipinski definition) is 2. The first kappa shape index (κ1) is 3.47. The van der Waals surface area contributed by atoms with Crippen LogP contribution in [0.15, 0.2) is 5.16 Å². The van der Waals surface area contributed by atoms with Gasteiger partial charge < -0.3 is 5.21 Å². The van der Waals surface area contributed by atoms with Crippen LogP contribution in [0.1, 0.15) is 0 Å². The zero-order valence-corrected chi connectivity index (χ0v) is 2.18. The maximum absolute atomic E-state index is 7.38. The molecule has 0 aromatic rings. The van der Waals surface area contributed by atoms with E-state index in [9.17, 15) is 0 Å². The molecule has 0 amide bonds. The number of hydrogen-bond donors (Lipinski definition) is 1. The highest BCUT2D eigenvalue weighted by Gasteiger charge is 1.35. The first-order chi connectivity index (χ1) is 1.91. The van der Waals surface area contributed by atoms with Crippen LogP contribution in [0.5, 0.6) is 0 Å². The highest BCUT2D eigenvalue weighted by atomic mass is 16.4. The maximum Gasteiger partial charge on any atom is 0.0439 e. The molecule has 0 aromatic heterocycles. The van der Waals surface area contributed by atoms with Crippen LogP contribution < -0.4 is 0 Å². The number of oxime groups is 1. The van der Waals surface area contributed by atoms with Crippen molar-refractivity contribution < 1.29 is 5.21 Å². The molecule has 0 fully saturated rings. The Labute approximate surface area is 24.7 Å². The van der Waals surface area contributed by atoms with Gasteiger partial charge in [0.05, 0.1) is 0 Å². The zero-order chi connectivity index (χ0) is 3.41. The minimum Gasteiger partial charge on any atom is -0.411 e. The van der Waals surface area contributed by atoms with E-state index in [1.807, 2.05) is 0 Å². The van der Waals surface area contributed by atoms with Crippen LogP contribution in [-0.2, 0) is 0 Å².